The van der Waals surface area contributed by atoms with Gasteiger partial charge in [-0.1, -0.05) is 66.2 Å². The van der Waals surface area contributed by atoms with Gasteiger partial charge in [-0.3, -0.25) is 0 Å². The molecule has 0 radical (unpaired) electrons. The standard InChI is InChI=1S/C23H21N3S/c1-3-26-22(21-13-12-19-6-4-5-7-20(19)14-21)16-27-23(26)25-24-15-18-10-8-17(2)9-11-18/h4-16H,3H2,1-2H3/b24-15-,25-23-. The van der Waals surface area contributed by atoms with Crippen molar-refractivity contribution in [3.05, 3.63) is 88.0 Å². The summed E-state index contributed by atoms with van der Waals surface area (Å²) >= 11 is 1.62. The molecule has 4 aromatic rings. The number of nitrogens with zero attached hydrogens (tertiary/aromatic N) is 3. The molecule has 1 aromatic heterocycles. The summed E-state index contributed by atoms with van der Waals surface area (Å²) in [6.45, 7) is 5.07. The Labute approximate surface area is 163 Å². The molecule has 1 heterocycles. The number of rotatable bonds is 4. The molecule has 0 spiro atoms. The van der Waals surface area contributed by atoms with Gasteiger partial charge < -0.3 is 4.57 Å². The van der Waals surface area contributed by atoms with E-state index in [1.165, 1.54) is 27.6 Å². The van der Waals surface area contributed by atoms with E-state index in [0.717, 1.165) is 16.9 Å². The first kappa shape index (κ1) is 17.4. The Morgan fingerprint density at radius 2 is 1.74 bits per heavy atom. The van der Waals surface area contributed by atoms with Crippen LogP contribution in [0, 0.1) is 6.92 Å². The lowest BCUT2D eigenvalue weighted by Gasteiger charge is -2.07. The van der Waals surface area contributed by atoms with Gasteiger partial charge in [-0.05, 0) is 41.8 Å². The first-order valence-corrected chi connectivity index (χ1v) is 9.94. The second-order valence-corrected chi connectivity index (χ2v) is 7.30. The Balaban J connectivity index is 1.69. The average molecular weight is 372 g/mol. The van der Waals surface area contributed by atoms with Crippen molar-refractivity contribution in [1.82, 2.24) is 4.57 Å². The summed E-state index contributed by atoms with van der Waals surface area (Å²) < 4.78 is 2.21. The lowest BCUT2D eigenvalue weighted by Crippen LogP contribution is -2.14. The first-order valence-electron chi connectivity index (χ1n) is 9.06. The Bertz CT molecular complexity index is 1160. The van der Waals surface area contributed by atoms with Crippen LogP contribution in [-0.2, 0) is 6.54 Å². The lowest BCUT2D eigenvalue weighted by atomic mass is 10.1. The Kier molecular flexibility index (Phi) is 4.99. The van der Waals surface area contributed by atoms with Gasteiger partial charge in [0.1, 0.15) is 0 Å². The van der Waals surface area contributed by atoms with Gasteiger partial charge in [0.2, 0.25) is 4.80 Å². The highest BCUT2D eigenvalue weighted by Gasteiger charge is 2.07. The minimum atomic E-state index is 0.852. The van der Waals surface area contributed by atoms with Crippen LogP contribution in [0.1, 0.15) is 18.1 Å². The van der Waals surface area contributed by atoms with E-state index in [1.54, 1.807) is 17.6 Å². The Morgan fingerprint density at radius 3 is 2.52 bits per heavy atom. The molecule has 0 aliphatic rings. The second-order valence-electron chi connectivity index (χ2n) is 6.46. The third kappa shape index (κ3) is 3.76. The van der Waals surface area contributed by atoms with Crippen molar-refractivity contribution in [1.29, 1.82) is 0 Å². The summed E-state index contributed by atoms with van der Waals surface area (Å²) in [4.78, 5) is 0.907. The number of thiazole rings is 1. The van der Waals surface area contributed by atoms with Crippen molar-refractivity contribution in [2.45, 2.75) is 20.4 Å². The molecule has 0 bridgehead atoms. The van der Waals surface area contributed by atoms with Crippen molar-refractivity contribution in [2.75, 3.05) is 0 Å². The number of aromatic nitrogens is 1. The predicted octanol–water partition coefficient (Wildman–Crippen LogP) is 5.63. The van der Waals surface area contributed by atoms with Gasteiger partial charge in [0.05, 0.1) is 11.9 Å². The van der Waals surface area contributed by atoms with E-state index >= 15 is 0 Å². The van der Waals surface area contributed by atoms with Crippen molar-refractivity contribution < 1.29 is 0 Å². The molecule has 4 heteroatoms. The second kappa shape index (κ2) is 7.72. The van der Waals surface area contributed by atoms with Crippen LogP contribution in [0.4, 0.5) is 0 Å². The van der Waals surface area contributed by atoms with Crippen LogP contribution in [0.3, 0.4) is 0 Å². The van der Waals surface area contributed by atoms with Crippen molar-refractivity contribution in [2.24, 2.45) is 10.2 Å². The molecule has 4 rings (SSSR count). The summed E-state index contributed by atoms with van der Waals surface area (Å²) in [7, 11) is 0. The molecule has 0 saturated carbocycles. The molecule has 0 N–H and O–H groups in total. The molecule has 3 aromatic carbocycles. The third-order valence-electron chi connectivity index (χ3n) is 4.59. The number of hydrogen-bond donors (Lipinski definition) is 0. The van der Waals surface area contributed by atoms with Crippen LogP contribution in [0.5, 0.6) is 0 Å². The molecule has 134 valence electrons. The van der Waals surface area contributed by atoms with Crippen LogP contribution in [0.25, 0.3) is 22.0 Å². The zero-order valence-electron chi connectivity index (χ0n) is 15.5. The summed E-state index contributed by atoms with van der Waals surface area (Å²) in [5.74, 6) is 0. The number of hydrogen-bond acceptors (Lipinski definition) is 3. The molecular weight excluding hydrogens is 350 g/mol. The molecular formula is C23H21N3S. The zero-order valence-corrected chi connectivity index (χ0v) is 16.3. The van der Waals surface area contributed by atoms with Crippen molar-refractivity contribution in [3.63, 3.8) is 0 Å². The van der Waals surface area contributed by atoms with E-state index < -0.39 is 0 Å². The molecule has 0 amide bonds. The highest BCUT2D eigenvalue weighted by Crippen LogP contribution is 2.25. The number of fused-ring (bicyclic) bond motifs is 1. The maximum absolute atomic E-state index is 4.45. The summed E-state index contributed by atoms with van der Waals surface area (Å²) in [6, 6.07) is 23.3. The minimum Gasteiger partial charge on any atom is -0.315 e. The largest absolute Gasteiger partial charge is 0.315 e. The quantitative estimate of drug-likeness (QED) is 0.329. The van der Waals surface area contributed by atoms with Gasteiger partial charge in [0.25, 0.3) is 0 Å². The van der Waals surface area contributed by atoms with E-state index in [-0.39, 0.29) is 0 Å². The average Bonchev–Trinajstić information content (AvgIpc) is 3.12. The lowest BCUT2D eigenvalue weighted by molar-refractivity contribution is 0.737. The van der Waals surface area contributed by atoms with E-state index in [0.29, 0.717) is 0 Å². The van der Waals surface area contributed by atoms with Gasteiger partial charge in [-0.25, -0.2) is 0 Å². The highest BCUT2D eigenvalue weighted by molar-refractivity contribution is 7.07. The molecule has 0 atom stereocenters. The molecule has 0 fully saturated rings. The fourth-order valence-electron chi connectivity index (χ4n) is 3.09. The summed E-state index contributed by atoms with van der Waals surface area (Å²) in [5.41, 5.74) is 4.68. The molecule has 0 aliphatic carbocycles. The van der Waals surface area contributed by atoms with Crippen molar-refractivity contribution in [3.8, 4) is 11.3 Å². The van der Waals surface area contributed by atoms with Crippen LogP contribution in [0.2, 0.25) is 0 Å². The smallest absolute Gasteiger partial charge is 0.211 e. The van der Waals surface area contributed by atoms with Gasteiger partial charge in [-0.2, -0.15) is 5.10 Å². The normalized spacial score (nSPS) is 12.3. The van der Waals surface area contributed by atoms with Crippen LogP contribution in [0.15, 0.2) is 82.3 Å². The van der Waals surface area contributed by atoms with Crippen LogP contribution < -0.4 is 4.80 Å². The van der Waals surface area contributed by atoms with E-state index in [9.17, 15) is 0 Å². The van der Waals surface area contributed by atoms with Gasteiger partial charge in [-0.15, -0.1) is 16.4 Å². The SMILES string of the molecule is CCn1c(-c2ccc3ccccc3c2)cs/c1=N\N=C/c1ccc(C)cc1. The Morgan fingerprint density at radius 1 is 0.963 bits per heavy atom. The molecule has 0 unspecified atom stereocenters. The number of aryl methyl sites for hydroxylation is 1. The van der Waals surface area contributed by atoms with E-state index in [4.69, 9.17) is 0 Å². The maximum atomic E-state index is 4.45. The molecule has 0 saturated heterocycles. The molecule has 3 nitrogen and oxygen atoms in total. The molecule has 0 aliphatic heterocycles. The van der Waals surface area contributed by atoms with Crippen LogP contribution >= 0.6 is 11.3 Å². The third-order valence-corrected chi connectivity index (χ3v) is 5.44. The van der Waals surface area contributed by atoms with E-state index in [2.05, 4.69) is 101 Å². The van der Waals surface area contributed by atoms with E-state index in [1.807, 2.05) is 0 Å². The van der Waals surface area contributed by atoms with Gasteiger partial charge in [0.15, 0.2) is 0 Å². The monoisotopic (exact) mass is 371 g/mol. The topological polar surface area (TPSA) is 29.6 Å². The zero-order chi connectivity index (χ0) is 18.6. The predicted molar refractivity (Wildman–Crippen MR) is 115 cm³/mol. The Hall–Kier alpha value is -2.98. The fourth-order valence-corrected chi connectivity index (χ4v) is 4.02. The molecule has 27 heavy (non-hydrogen) atoms. The van der Waals surface area contributed by atoms with Crippen molar-refractivity contribution >= 4 is 28.3 Å². The summed E-state index contributed by atoms with van der Waals surface area (Å²) in [5, 5.41) is 13.4. The van der Waals surface area contributed by atoms with Gasteiger partial charge in [0, 0.05) is 11.9 Å². The summed E-state index contributed by atoms with van der Waals surface area (Å²) in [6.07, 6.45) is 1.80. The fraction of sp³-hybridized carbons (Fsp3) is 0.130. The van der Waals surface area contributed by atoms with Crippen LogP contribution in [-0.4, -0.2) is 10.8 Å². The highest BCUT2D eigenvalue weighted by atomic mass is 32.1. The van der Waals surface area contributed by atoms with Gasteiger partial charge >= 0.3 is 0 Å². The maximum Gasteiger partial charge on any atom is 0.211 e. The first-order chi connectivity index (χ1) is 13.2. The number of benzene rings is 3. The minimum absolute atomic E-state index is 0.852.